The molecule has 1 N–H and O–H groups in total. The highest BCUT2D eigenvalue weighted by molar-refractivity contribution is 5.77. The Labute approximate surface area is 109 Å². The molecule has 0 atom stereocenters. The lowest BCUT2D eigenvalue weighted by Gasteiger charge is -2.17. The molecule has 0 fully saturated rings. The summed E-state index contributed by atoms with van der Waals surface area (Å²) < 4.78 is 5.49. The molecule has 0 aliphatic rings. The van der Waals surface area contributed by atoms with Crippen molar-refractivity contribution in [3.63, 3.8) is 0 Å². The van der Waals surface area contributed by atoms with E-state index in [2.05, 4.69) is 24.1 Å². The van der Waals surface area contributed by atoms with Crippen LogP contribution in [0.15, 0.2) is 30.3 Å². The van der Waals surface area contributed by atoms with Gasteiger partial charge in [-0.15, -0.1) is 0 Å². The number of amides is 1. The van der Waals surface area contributed by atoms with E-state index >= 15 is 0 Å². The van der Waals surface area contributed by atoms with Gasteiger partial charge in [0, 0.05) is 0 Å². The summed E-state index contributed by atoms with van der Waals surface area (Å²) in [4.78, 5) is 13.7. The Morgan fingerprint density at radius 2 is 1.89 bits per heavy atom. The molecule has 0 heterocycles. The fourth-order valence-electron chi connectivity index (χ4n) is 1.58. The fraction of sp³-hybridized carbons (Fsp3) is 0.500. The predicted molar refractivity (Wildman–Crippen MR) is 72.7 cm³/mol. The van der Waals surface area contributed by atoms with Crippen molar-refractivity contribution in [1.29, 1.82) is 0 Å². The number of rotatable bonds is 8. The first-order valence-electron chi connectivity index (χ1n) is 6.43. The van der Waals surface area contributed by atoms with Crippen molar-refractivity contribution in [2.24, 2.45) is 0 Å². The van der Waals surface area contributed by atoms with E-state index in [1.54, 1.807) is 0 Å². The van der Waals surface area contributed by atoms with Gasteiger partial charge in [0.15, 0.2) is 0 Å². The van der Waals surface area contributed by atoms with Gasteiger partial charge in [0.1, 0.15) is 12.4 Å². The molecule has 0 unspecified atom stereocenters. The van der Waals surface area contributed by atoms with E-state index in [-0.39, 0.29) is 5.91 Å². The minimum Gasteiger partial charge on any atom is -0.492 e. The van der Waals surface area contributed by atoms with Gasteiger partial charge in [-0.3, -0.25) is 9.69 Å². The normalized spacial score (nSPS) is 10.4. The van der Waals surface area contributed by atoms with Crippen molar-refractivity contribution < 1.29 is 9.53 Å². The van der Waals surface area contributed by atoms with Crippen molar-refractivity contribution in [3.8, 4) is 5.75 Å². The molecule has 1 aromatic rings. The summed E-state index contributed by atoms with van der Waals surface area (Å²) in [6.07, 6.45) is 0. The molecule has 1 rings (SSSR count). The second-order valence-corrected chi connectivity index (χ2v) is 3.97. The van der Waals surface area contributed by atoms with Crippen LogP contribution < -0.4 is 10.1 Å². The molecule has 0 aliphatic heterocycles. The van der Waals surface area contributed by atoms with Crippen LogP contribution in [0.4, 0.5) is 0 Å². The topological polar surface area (TPSA) is 41.6 Å². The highest BCUT2D eigenvalue weighted by Crippen LogP contribution is 2.07. The molecular formula is C14H22N2O2. The Kier molecular flexibility index (Phi) is 6.87. The molecule has 0 aromatic heterocycles. The number of hydrogen-bond donors (Lipinski definition) is 1. The maximum absolute atomic E-state index is 11.6. The van der Waals surface area contributed by atoms with E-state index in [0.717, 1.165) is 18.8 Å². The molecule has 0 aliphatic carbocycles. The lowest BCUT2D eigenvalue weighted by atomic mass is 10.3. The molecule has 0 saturated carbocycles. The van der Waals surface area contributed by atoms with Crippen molar-refractivity contribution >= 4 is 5.91 Å². The number of likely N-dealkylation sites (N-methyl/N-ethyl adjacent to an activating group) is 1. The van der Waals surface area contributed by atoms with E-state index in [0.29, 0.717) is 19.7 Å². The maximum Gasteiger partial charge on any atom is 0.234 e. The minimum atomic E-state index is 0.0513. The molecule has 0 spiro atoms. The summed E-state index contributed by atoms with van der Waals surface area (Å²) >= 11 is 0. The van der Waals surface area contributed by atoms with E-state index in [1.807, 2.05) is 30.3 Å². The number of ether oxygens (including phenoxy) is 1. The average molecular weight is 250 g/mol. The Bertz CT molecular complexity index is 337. The van der Waals surface area contributed by atoms with Gasteiger partial charge in [-0.1, -0.05) is 32.0 Å². The third-order valence-corrected chi connectivity index (χ3v) is 2.70. The second kappa shape index (κ2) is 8.53. The summed E-state index contributed by atoms with van der Waals surface area (Å²) in [5.41, 5.74) is 0. The maximum atomic E-state index is 11.6. The van der Waals surface area contributed by atoms with Crippen LogP contribution >= 0.6 is 0 Å². The highest BCUT2D eigenvalue weighted by atomic mass is 16.5. The van der Waals surface area contributed by atoms with Gasteiger partial charge in [0.05, 0.1) is 13.1 Å². The molecule has 4 heteroatoms. The number of nitrogens with zero attached hydrogens (tertiary/aromatic N) is 1. The van der Waals surface area contributed by atoms with Crippen molar-refractivity contribution in [1.82, 2.24) is 10.2 Å². The third kappa shape index (κ3) is 5.68. The summed E-state index contributed by atoms with van der Waals surface area (Å²) in [5.74, 6) is 0.880. The number of carbonyl (C=O) groups excluding carboxylic acids is 1. The van der Waals surface area contributed by atoms with E-state index in [9.17, 15) is 4.79 Å². The molecule has 1 aromatic carbocycles. The molecule has 100 valence electrons. The Morgan fingerprint density at radius 3 is 2.50 bits per heavy atom. The molecule has 1 amide bonds. The van der Waals surface area contributed by atoms with Gasteiger partial charge in [0.2, 0.25) is 5.91 Å². The summed E-state index contributed by atoms with van der Waals surface area (Å²) in [6, 6.07) is 9.59. The number of hydrogen-bond acceptors (Lipinski definition) is 3. The van der Waals surface area contributed by atoms with Crippen LogP contribution in [-0.4, -0.2) is 43.6 Å². The van der Waals surface area contributed by atoms with E-state index < -0.39 is 0 Å². The first kappa shape index (κ1) is 14.5. The van der Waals surface area contributed by atoms with Crippen LogP contribution in [0.25, 0.3) is 0 Å². The number of carbonyl (C=O) groups is 1. The summed E-state index contributed by atoms with van der Waals surface area (Å²) in [5, 5.41) is 2.85. The van der Waals surface area contributed by atoms with Crippen molar-refractivity contribution in [3.05, 3.63) is 30.3 Å². The van der Waals surface area contributed by atoms with Gasteiger partial charge >= 0.3 is 0 Å². The first-order valence-corrected chi connectivity index (χ1v) is 6.43. The van der Waals surface area contributed by atoms with Crippen molar-refractivity contribution in [2.45, 2.75) is 13.8 Å². The lowest BCUT2D eigenvalue weighted by Crippen LogP contribution is -2.38. The van der Waals surface area contributed by atoms with Gasteiger partial charge in [-0.25, -0.2) is 0 Å². The largest absolute Gasteiger partial charge is 0.492 e. The zero-order valence-electron chi connectivity index (χ0n) is 11.2. The van der Waals surface area contributed by atoms with Crippen LogP contribution in [0.3, 0.4) is 0 Å². The van der Waals surface area contributed by atoms with Gasteiger partial charge in [-0.2, -0.15) is 0 Å². The second-order valence-electron chi connectivity index (χ2n) is 3.97. The SMILES string of the molecule is CCN(CC)CC(=O)NCCOc1ccccc1. The highest BCUT2D eigenvalue weighted by Gasteiger charge is 2.05. The minimum absolute atomic E-state index is 0.0513. The summed E-state index contributed by atoms with van der Waals surface area (Å²) in [7, 11) is 0. The standard InChI is InChI=1S/C14H22N2O2/c1-3-16(4-2)12-14(17)15-10-11-18-13-8-6-5-7-9-13/h5-9H,3-4,10-12H2,1-2H3,(H,15,17). The van der Waals surface area contributed by atoms with Gasteiger partial charge in [0.25, 0.3) is 0 Å². The zero-order chi connectivity index (χ0) is 13.2. The van der Waals surface area contributed by atoms with Crippen LogP contribution in [0, 0.1) is 0 Å². The Balaban J connectivity index is 2.12. The smallest absolute Gasteiger partial charge is 0.234 e. The lowest BCUT2D eigenvalue weighted by molar-refractivity contribution is -0.122. The first-order chi connectivity index (χ1) is 8.76. The average Bonchev–Trinajstić information content (AvgIpc) is 2.42. The number of nitrogens with one attached hydrogen (secondary N) is 1. The molecule has 0 radical (unpaired) electrons. The number of para-hydroxylation sites is 1. The quantitative estimate of drug-likeness (QED) is 0.711. The van der Waals surface area contributed by atoms with Crippen LogP contribution in [-0.2, 0) is 4.79 Å². The van der Waals surface area contributed by atoms with Crippen LogP contribution in [0.2, 0.25) is 0 Å². The predicted octanol–water partition coefficient (Wildman–Crippen LogP) is 1.52. The van der Waals surface area contributed by atoms with E-state index in [4.69, 9.17) is 4.74 Å². The van der Waals surface area contributed by atoms with Crippen LogP contribution in [0.1, 0.15) is 13.8 Å². The molecule has 4 nitrogen and oxygen atoms in total. The Morgan fingerprint density at radius 1 is 1.22 bits per heavy atom. The van der Waals surface area contributed by atoms with Gasteiger partial charge in [-0.05, 0) is 25.2 Å². The fourth-order valence-corrected chi connectivity index (χ4v) is 1.58. The zero-order valence-corrected chi connectivity index (χ0v) is 11.2. The Hall–Kier alpha value is -1.55. The molecule has 0 saturated heterocycles. The molecule has 0 bridgehead atoms. The number of benzene rings is 1. The third-order valence-electron chi connectivity index (χ3n) is 2.70. The molecular weight excluding hydrogens is 228 g/mol. The monoisotopic (exact) mass is 250 g/mol. The molecule has 18 heavy (non-hydrogen) atoms. The van der Waals surface area contributed by atoms with E-state index in [1.165, 1.54) is 0 Å². The summed E-state index contributed by atoms with van der Waals surface area (Å²) in [6.45, 7) is 7.38. The van der Waals surface area contributed by atoms with Crippen molar-refractivity contribution in [2.75, 3.05) is 32.8 Å². The van der Waals surface area contributed by atoms with Gasteiger partial charge < -0.3 is 10.1 Å². The van der Waals surface area contributed by atoms with Crippen LogP contribution in [0.5, 0.6) is 5.75 Å².